The number of benzene rings is 1. The van der Waals surface area contributed by atoms with Crippen molar-refractivity contribution in [2.75, 3.05) is 0 Å². The maximum absolute atomic E-state index is 11.6. The number of rotatable bonds is 1. The van der Waals surface area contributed by atoms with Crippen molar-refractivity contribution in [1.82, 2.24) is 0 Å². The number of amides is 1. The van der Waals surface area contributed by atoms with Crippen LogP contribution in [0.1, 0.15) is 10.4 Å². The Morgan fingerprint density at radius 2 is 2.11 bits per heavy atom. The Labute approximate surface area is 113 Å². The lowest BCUT2D eigenvalue weighted by atomic mass is 10.1. The summed E-state index contributed by atoms with van der Waals surface area (Å²) in [6, 6.07) is 7.07. The van der Waals surface area contributed by atoms with Gasteiger partial charge >= 0.3 is 5.63 Å². The lowest BCUT2D eigenvalue weighted by molar-refractivity contribution is 0.0997. The van der Waals surface area contributed by atoms with E-state index in [-0.39, 0.29) is 5.56 Å². The van der Waals surface area contributed by atoms with Crippen molar-refractivity contribution >= 4 is 54.2 Å². The summed E-state index contributed by atoms with van der Waals surface area (Å²) < 4.78 is 7.16. The first-order valence-corrected chi connectivity index (χ1v) is 6.63. The molecule has 2 N–H and O–H groups in total. The van der Waals surface area contributed by atoms with Crippen LogP contribution in [0.4, 0.5) is 0 Å². The molecular weight excluding hydrogens is 318 g/mol. The molecule has 1 amide bonds. The average Bonchev–Trinajstić information content (AvgIpc) is 2.69. The molecule has 0 aliphatic rings. The second-order valence-corrected chi connectivity index (χ2v) is 6.22. The van der Waals surface area contributed by atoms with Crippen LogP contribution in [0.3, 0.4) is 0 Å². The van der Waals surface area contributed by atoms with E-state index in [0.717, 1.165) is 13.9 Å². The molecule has 4 nitrogen and oxygen atoms in total. The summed E-state index contributed by atoms with van der Waals surface area (Å²) in [5.74, 6) is -0.780. The van der Waals surface area contributed by atoms with Gasteiger partial charge in [-0.05, 0) is 40.2 Å². The minimum Gasteiger partial charge on any atom is -0.421 e. The zero-order valence-corrected chi connectivity index (χ0v) is 11.3. The van der Waals surface area contributed by atoms with E-state index in [9.17, 15) is 9.59 Å². The smallest absolute Gasteiger partial charge is 0.349 e. The third-order valence-electron chi connectivity index (χ3n) is 2.63. The van der Waals surface area contributed by atoms with Crippen molar-refractivity contribution in [3.05, 3.63) is 44.0 Å². The summed E-state index contributed by atoms with van der Waals surface area (Å²) in [5.41, 5.74) is 4.76. The highest BCUT2D eigenvalue weighted by Gasteiger charge is 2.13. The Balaban J connectivity index is 2.49. The largest absolute Gasteiger partial charge is 0.421 e. The van der Waals surface area contributed by atoms with Gasteiger partial charge in [0.1, 0.15) is 11.1 Å². The molecule has 2 heterocycles. The second-order valence-electron chi connectivity index (χ2n) is 3.76. The van der Waals surface area contributed by atoms with Gasteiger partial charge < -0.3 is 10.2 Å². The van der Waals surface area contributed by atoms with Gasteiger partial charge in [0.2, 0.25) is 0 Å². The third-order valence-corrected chi connectivity index (χ3v) is 4.24. The molecule has 0 saturated carbocycles. The zero-order chi connectivity index (χ0) is 12.9. The molecule has 1 aromatic carbocycles. The number of hydrogen-bond donors (Lipinski definition) is 1. The van der Waals surface area contributed by atoms with Crippen LogP contribution < -0.4 is 11.4 Å². The highest BCUT2D eigenvalue weighted by atomic mass is 79.9. The van der Waals surface area contributed by atoms with Gasteiger partial charge in [0.15, 0.2) is 0 Å². The first-order valence-electron chi connectivity index (χ1n) is 5.02. The molecule has 0 aliphatic carbocycles. The van der Waals surface area contributed by atoms with E-state index >= 15 is 0 Å². The number of carbonyl (C=O) groups is 1. The Kier molecular flexibility index (Phi) is 2.49. The van der Waals surface area contributed by atoms with Crippen LogP contribution in [0.5, 0.6) is 0 Å². The highest BCUT2D eigenvalue weighted by Crippen LogP contribution is 2.34. The van der Waals surface area contributed by atoms with Crippen molar-refractivity contribution < 1.29 is 9.21 Å². The average molecular weight is 324 g/mol. The van der Waals surface area contributed by atoms with E-state index in [2.05, 4.69) is 15.9 Å². The van der Waals surface area contributed by atoms with Crippen molar-refractivity contribution in [3.63, 3.8) is 0 Å². The van der Waals surface area contributed by atoms with E-state index in [1.54, 1.807) is 17.4 Å². The predicted molar refractivity (Wildman–Crippen MR) is 74.1 cm³/mol. The fourth-order valence-corrected chi connectivity index (χ4v) is 3.37. The van der Waals surface area contributed by atoms with Crippen LogP contribution in [0, 0.1) is 0 Å². The second kappa shape index (κ2) is 3.93. The first kappa shape index (κ1) is 11.4. The lowest BCUT2D eigenvalue weighted by Crippen LogP contribution is -2.20. The molecule has 2 aromatic heterocycles. The fourth-order valence-electron chi connectivity index (χ4n) is 1.83. The number of fused-ring (bicyclic) bond motifs is 3. The summed E-state index contributed by atoms with van der Waals surface area (Å²) >= 11 is 4.94. The number of hydrogen-bond acceptors (Lipinski definition) is 4. The summed E-state index contributed by atoms with van der Waals surface area (Å²) in [6.07, 6.45) is 0. The molecular formula is C12H6BrNO3S. The van der Waals surface area contributed by atoms with Gasteiger partial charge in [-0.1, -0.05) is 0 Å². The molecule has 0 saturated heterocycles. The van der Waals surface area contributed by atoms with Crippen molar-refractivity contribution in [2.24, 2.45) is 5.73 Å². The highest BCUT2D eigenvalue weighted by molar-refractivity contribution is 9.11. The number of primary amides is 1. The molecule has 3 aromatic rings. The molecule has 0 unspecified atom stereocenters. The maximum Gasteiger partial charge on any atom is 0.349 e. The van der Waals surface area contributed by atoms with Crippen LogP contribution in [-0.2, 0) is 0 Å². The van der Waals surface area contributed by atoms with E-state index in [4.69, 9.17) is 10.2 Å². The molecule has 0 atom stereocenters. The fraction of sp³-hybridized carbons (Fsp3) is 0. The topological polar surface area (TPSA) is 73.3 Å². The van der Waals surface area contributed by atoms with Gasteiger partial charge in [-0.3, -0.25) is 4.79 Å². The summed E-state index contributed by atoms with van der Waals surface area (Å²) in [6.45, 7) is 0. The Bertz CT molecular complexity index is 850. The van der Waals surface area contributed by atoms with Gasteiger partial charge in [-0.2, -0.15) is 0 Å². The minimum atomic E-state index is -0.780. The molecule has 0 spiro atoms. The van der Waals surface area contributed by atoms with E-state index in [1.807, 2.05) is 12.1 Å². The molecule has 0 bridgehead atoms. The van der Waals surface area contributed by atoms with Crippen LogP contribution in [-0.4, -0.2) is 5.91 Å². The summed E-state index contributed by atoms with van der Waals surface area (Å²) in [5, 5.41) is 1.53. The quantitative estimate of drug-likeness (QED) is 0.700. The Morgan fingerprint density at radius 3 is 2.83 bits per heavy atom. The van der Waals surface area contributed by atoms with Crippen molar-refractivity contribution in [3.8, 4) is 0 Å². The summed E-state index contributed by atoms with van der Waals surface area (Å²) in [7, 11) is 0. The number of halogens is 1. The van der Waals surface area contributed by atoms with Crippen LogP contribution in [0.2, 0.25) is 0 Å². The van der Waals surface area contributed by atoms with Gasteiger partial charge in [0.25, 0.3) is 5.91 Å². The molecule has 0 aliphatic heterocycles. The zero-order valence-electron chi connectivity index (χ0n) is 8.90. The van der Waals surface area contributed by atoms with Crippen molar-refractivity contribution in [1.29, 1.82) is 0 Å². The molecule has 3 rings (SSSR count). The molecule has 0 radical (unpaired) electrons. The van der Waals surface area contributed by atoms with Crippen LogP contribution >= 0.6 is 27.3 Å². The van der Waals surface area contributed by atoms with E-state index < -0.39 is 11.5 Å². The Morgan fingerprint density at radius 1 is 1.33 bits per heavy atom. The molecule has 0 fully saturated rings. The monoisotopic (exact) mass is 323 g/mol. The van der Waals surface area contributed by atoms with Crippen molar-refractivity contribution in [2.45, 2.75) is 0 Å². The molecule has 90 valence electrons. The molecule has 18 heavy (non-hydrogen) atoms. The Hall–Kier alpha value is -1.66. The van der Waals surface area contributed by atoms with Gasteiger partial charge in [-0.25, -0.2) is 4.79 Å². The number of thiophene rings is 1. The third kappa shape index (κ3) is 1.65. The predicted octanol–water partition coefficient (Wildman–Crippen LogP) is 2.87. The first-order chi connectivity index (χ1) is 8.56. The van der Waals surface area contributed by atoms with Gasteiger partial charge in [0.05, 0.1) is 3.79 Å². The number of nitrogens with two attached hydrogens (primary N) is 1. The lowest BCUT2D eigenvalue weighted by Gasteiger charge is -2.00. The maximum atomic E-state index is 11.6. The van der Waals surface area contributed by atoms with Crippen LogP contribution in [0.15, 0.2) is 37.3 Å². The molecule has 6 heteroatoms. The summed E-state index contributed by atoms with van der Waals surface area (Å²) in [4.78, 5) is 22.7. The van der Waals surface area contributed by atoms with Crippen LogP contribution in [0.25, 0.3) is 21.1 Å². The normalized spacial score (nSPS) is 11.2. The van der Waals surface area contributed by atoms with E-state index in [1.165, 1.54) is 6.07 Å². The SMILES string of the molecule is NC(=O)c1cc2ccc3sc(Br)cc3c2oc1=O. The number of carbonyl (C=O) groups excluding carboxylic acids is 1. The van der Waals surface area contributed by atoms with Gasteiger partial charge in [0, 0.05) is 15.5 Å². The minimum absolute atomic E-state index is 0.129. The van der Waals surface area contributed by atoms with Gasteiger partial charge in [-0.15, -0.1) is 11.3 Å². The standard InChI is InChI=1S/C12H6BrNO3S/c13-9-4-6-8(18-9)2-1-5-3-7(11(14)15)12(16)17-10(5)6/h1-4H,(H2,14,15). The van der Waals surface area contributed by atoms with E-state index in [0.29, 0.717) is 11.0 Å².